The van der Waals surface area contributed by atoms with Gasteiger partial charge in [0.15, 0.2) is 0 Å². The number of hydrogen-bond donors (Lipinski definition) is 0. The molecular formula is C10H11F2NO2S. The highest BCUT2D eigenvalue weighted by Crippen LogP contribution is 2.35. The second kappa shape index (κ2) is 4.08. The van der Waals surface area contributed by atoms with Gasteiger partial charge in [-0.2, -0.15) is 0 Å². The van der Waals surface area contributed by atoms with Gasteiger partial charge in [-0.15, -0.1) is 11.3 Å². The van der Waals surface area contributed by atoms with Crippen molar-refractivity contribution in [2.24, 2.45) is 0 Å². The number of nitrogens with zero attached hydrogens (tertiary/aromatic N) is 1. The van der Waals surface area contributed by atoms with Crippen molar-refractivity contribution >= 4 is 17.3 Å². The maximum absolute atomic E-state index is 13.1. The molecular weight excluding hydrogens is 236 g/mol. The monoisotopic (exact) mass is 247 g/mol. The van der Waals surface area contributed by atoms with Crippen LogP contribution in [0.1, 0.15) is 33.7 Å². The fourth-order valence-corrected chi connectivity index (χ4v) is 2.70. The van der Waals surface area contributed by atoms with E-state index in [4.69, 9.17) is 4.74 Å². The van der Waals surface area contributed by atoms with Gasteiger partial charge in [0.1, 0.15) is 0 Å². The van der Waals surface area contributed by atoms with Crippen LogP contribution in [0.25, 0.3) is 0 Å². The van der Waals surface area contributed by atoms with Crippen molar-refractivity contribution in [3.05, 3.63) is 15.6 Å². The summed E-state index contributed by atoms with van der Waals surface area (Å²) >= 11 is 1.02. The fourth-order valence-electron chi connectivity index (χ4n) is 1.62. The van der Waals surface area contributed by atoms with Gasteiger partial charge in [-0.3, -0.25) is 0 Å². The molecule has 3 nitrogen and oxygen atoms in total. The summed E-state index contributed by atoms with van der Waals surface area (Å²) in [6.07, 6.45) is -0.260. The van der Waals surface area contributed by atoms with Gasteiger partial charge in [0.25, 0.3) is 5.92 Å². The molecule has 88 valence electrons. The van der Waals surface area contributed by atoms with E-state index in [1.807, 2.05) is 0 Å². The number of halogens is 2. The Morgan fingerprint density at radius 3 is 3.06 bits per heavy atom. The molecule has 1 heterocycles. The maximum Gasteiger partial charge on any atom is 0.367 e. The Morgan fingerprint density at radius 2 is 2.38 bits per heavy atom. The van der Waals surface area contributed by atoms with Gasteiger partial charge in [-0.25, -0.2) is 18.6 Å². The molecule has 0 N–H and O–H groups in total. The second-order valence-electron chi connectivity index (χ2n) is 3.64. The number of thiazole rings is 1. The third-order valence-electron chi connectivity index (χ3n) is 2.38. The van der Waals surface area contributed by atoms with Crippen molar-refractivity contribution in [1.82, 2.24) is 4.98 Å². The molecule has 1 aromatic rings. The molecule has 0 fully saturated rings. The van der Waals surface area contributed by atoms with E-state index in [2.05, 4.69) is 4.98 Å². The highest BCUT2D eigenvalue weighted by atomic mass is 32.1. The molecule has 0 unspecified atom stereocenters. The second-order valence-corrected chi connectivity index (χ2v) is 4.73. The van der Waals surface area contributed by atoms with Crippen LogP contribution in [0, 0.1) is 0 Å². The molecule has 1 aliphatic rings. The number of alkyl halides is 2. The lowest BCUT2D eigenvalue weighted by Gasteiger charge is -2.19. The molecule has 6 heteroatoms. The Kier molecular flexibility index (Phi) is 2.92. The normalized spacial score (nSPS) is 17.9. The smallest absolute Gasteiger partial charge is 0.367 e. The molecule has 0 aromatic carbocycles. The maximum atomic E-state index is 13.1. The molecule has 1 aromatic heterocycles. The van der Waals surface area contributed by atoms with Crippen molar-refractivity contribution in [1.29, 1.82) is 0 Å². The molecule has 16 heavy (non-hydrogen) atoms. The summed E-state index contributed by atoms with van der Waals surface area (Å²) < 4.78 is 31.0. The van der Waals surface area contributed by atoms with Crippen LogP contribution < -0.4 is 0 Å². The minimum Gasteiger partial charge on any atom is -0.461 e. The molecule has 0 atom stereocenters. The van der Waals surface area contributed by atoms with Crippen LogP contribution >= 0.6 is 11.3 Å². The summed E-state index contributed by atoms with van der Waals surface area (Å²) in [5.74, 6) is -3.18. The average Bonchev–Trinajstić information content (AvgIpc) is 2.59. The molecule has 0 bridgehead atoms. The largest absolute Gasteiger partial charge is 0.461 e. The van der Waals surface area contributed by atoms with E-state index >= 15 is 0 Å². The summed E-state index contributed by atoms with van der Waals surface area (Å²) in [5, 5.41) is 0.185. The number of hydrogen-bond acceptors (Lipinski definition) is 4. The number of carbonyl (C=O) groups excluding carboxylic acids is 1. The van der Waals surface area contributed by atoms with Crippen LogP contribution in [-0.2, 0) is 17.6 Å². The SMILES string of the molecule is CCOC(=O)c1nc2c(s1)CC(F)(F)CC2. The molecule has 0 radical (unpaired) electrons. The average molecular weight is 247 g/mol. The van der Waals surface area contributed by atoms with Gasteiger partial charge in [-0.1, -0.05) is 0 Å². The summed E-state index contributed by atoms with van der Waals surface area (Å²) in [4.78, 5) is 15.9. The van der Waals surface area contributed by atoms with Crippen LogP contribution in [0.4, 0.5) is 8.78 Å². The topological polar surface area (TPSA) is 39.2 Å². The third-order valence-corrected chi connectivity index (χ3v) is 3.45. The first-order chi connectivity index (χ1) is 7.52. The van der Waals surface area contributed by atoms with Crippen LogP contribution in [0.15, 0.2) is 0 Å². The Bertz CT molecular complexity index is 417. The summed E-state index contributed by atoms with van der Waals surface area (Å²) in [6, 6.07) is 0. The van der Waals surface area contributed by atoms with Crippen LogP contribution in [0.3, 0.4) is 0 Å². The van der Waals surface area contributed by atoms with Gasteiger partial charge < -0.3 is 4.74 Å². The fraction of sp³-hybridized carbons (Fsp3) is 0.600. The standard InChI is InChI=1S/C10H11F2NO2S/c1-2-15-9(14)8-13-6-3-4-10(11,12)5-7(6)16-8/h2-5H2,1H3. The number of aryl methyl sites for hydroxylation is 1. The number of aromatic nitrogens is 1. The van der Waals surface area contributed by atoms with E-state index < -0.39 is 11.9 Å². The minimum atomic E-state index is -2.66. The molecule has 1 aliphatic carbocycles. The zero-order valence-corrected chi connectivity index (χ0v) is 9.57. The van der Waals surface area contributed by atoms with Crippen LogP contribution in [0.5, 0.6) is 0 Å². The molecule has 0 saturated heterocycles. The van der Waals surface area contributed by atoms with Crippen molar-refractivity contribution < 1.29 is 18.3 Å². The Morgan fingerprint density at radius 1 is 1.62 bits per heavy atom. The number of ether oxygens (including phenoxy) is 1. The Hall–Kier alpha value is -1.04. The lowest BCUT2D eigenvalue weighted by Crippen LogP contribution is -2.24. The first-order valence-corrected chi connectivity index (χ1v) is 5.87. The number of rotatable bonds is 2. The zero-order chi connectivity index (χ0) is 11.8. The molecule has 2 rings (SSSR count). The molecule has 0 spiro atoms. The van der Waals surface area contributed by atoms with E-state index in [0.717, 1.165) is 11.3 Å². The lowest BCUT2D eigenvalue weighted by atomic mass is 9.99. The lowest BCUT2D eigenvalue weighted by molar-refractivity contribution is -0.0116. The minimum absolute atomic E-state index is 0.185. The van der Waals surface area contributed by atoms with Crippen molar-refractivity contribution in [3.63, 3.8) is 0 Å². The van der Waals surface area contributed by atoms with Gasteiger partial charge in [0, 0.05) is 17.7 Å². The predicted octanol–water partition coefficient (Wildman–Crippen LogP) is 2.44. The predicted molar refractivity (Wildman–Crippen MR) is 55.0 cm³/mol. The zero-order valence-electron chi connectivity index (χ0n) is 8.76. The quantitative estimate of drug-likeness (QED) is 0.753. The number of fused-ring (bicyclic) bond motifs is 1. The summed E-state index contributed by atoms with van der Waals surface area (Å²) in [7, 11) is 0. The van der Waals surface area contributed by atoms with E-state index in [1.165, 1.54) is 0 Å². The Balaban J connectivity index is 2.21. The number of esters is 1. The summed E-state index contributed by atoms with van der Waals surface area (Å²) in [5.41, 5.74) is 0.624. The van der Waals surface area contributed by atoms with E-state index in [9.17, 15) is 13.6 Å². The first kappa shape index (κ1) is 11.4. The Labute approximate surface area is 95.4 Å². The first-order valence-electron chi connectivity index (χ1n) is 5.05. The van der Waals surface area contributed by atoms with Gasteiger partial charge in [-0.05, 0) is 13.3 Å². The van der Waals surface area contributed by atoms with Crippen LogP contribution in [-0.4, -0.2) is 23.5 Å². The molecule has 0 saturated carbocycles. The molecule has 0 aliphatic heterocycles. The highest BCUT2D eigenvalue weighted by molar-refractivity contribution is 7.13. The highest BCUT2D eigenvalue weighted by Gasteiger charge is 2.36. The van der Waals surface area contributed by atoms with Gasteiger partial charge in [0.05, 0.1) is 12.3 Å². The third kappa shape index (κ3) is 2.21. The van der Waals surface area contributed by atoms with Crippen molar-refractivity contribution in [3.8, 4) is 0 Å². The summed E-state index contributed by atoms with van der Waals surface area (Å²) in [6.45, 7) is 1.96. The van der Waals surface area contributed by atoms with Crippen molar-refractivity contribution in [2.45, 2.75) is 32.1 Å². The number of carbonyl (C=O) groups is 1. The molecule has 0 amide bonds. The van der Waals surface area contributed by atoms with Crippen molar-refractivity contribution in [2.75, 3.05) is 6.61 Å². The van der Waals surface area contributed by atoms with Crippen LogP contribution in [0.2, 0.25) is 0 Å². The van der Waals surface area contributed by atoms with E-state index in [-0.39, 0.29) is 30.9 Å². The van der Waals surface area contributed by atoms with Gasteiger partial charge >= 0.3 is 5.97 Å². The van der Waals surface area contributed by atoms with Gasteiger partial charge in [0.2, 0.25) is 5.01 Å². The van der Waals surface area contributed by atoms with E-state index in [0.29, 0.717) is 10.6 Å². The van der Waals surface area contributed by atoms with E-state index in [1.54, 1.807) is 6.92 Å².